The fourth-order valence-electron chi connectivity index (χ4n) is 3.54. The zero-order valence-corrected chi connectivity index (χ0v) is 19.1. The van der Waals surface area contributed by atoms with E-state index >= 15 is 0 Å². The lowest BCUT2D eigenvalue weighted by Crippen LogP contribution is -2.36. The number of aromatic nitrogens is 2. The van der Waals surface area contributed by atoms with Crippen LogP contribution in [0.2, 0.25) is 0 Å². The highest BCUT2D eigenvalue weighted by molar-refractivity contribution is 14.1. The Kier molecular flexibility index (Phi) is 5.69. The number of halogens is 1. The van der Waals surface area contributed by atoms with Crippen molar-refractivity contribution in [3.63, 3.8) is 0 Å². The quantitative estimate of drug-likeness (QED) is 0.256. The lowest BCUT2D eigenvalue weighted by Gasteiger charge is -2.28. The summed E-state index contributed by atoms with van der Waals surface area (Å²) < 4.78 is 9.68. The minimum Gasteiger partial charge on any atom is -0.378 e. The number of morpholine rings is 1. The van der Waals surface area contributed by atoms with Crippen LogP contribution >= 0.6 is 34.2 Å². The topological polar surface area (TPSA) is 62.3 Å². The van der Waals surface area contributed by atoms with Crippen LogP contribution in [0.3, 0.4) is 0 Å². The lowest BCUT2D eigenvalue weighted by atomic mass is 10.1. The van der Waals surface area contributed by atoms with Crippen LogP contribution in [0.5, 0.6) is 0 Å². The number of ether oxygens (including phenoxy) is 1. The van der Waals surface area contributed by atoms with Crippen molar-refractivity contribution in [2.75, 3.05) is 40.1 Å². The summed E-state index contributed by atoms with van der Waals surface area (Å²) in [6.45, 7) is 3.44. The lowest BCUT2D eigenvalue weighted by molar-refractivity contribution is 0.122. The minimum absolute atomic E-state index is 0.601. The van der Waals surface area contributed by atoms with Crippen LogP contribution < -0.4 is 13.7 Å². The fourth-order valence-corrected chi connectivity index (χ4v) is 4.75. The van der Waals surface area contributed by atoms with Crippen LogP contribution in [-0.4, -0.2) is 36.3 Å². The summed E-state index contributed by atoms with van der Waals surface area (Å²) in [4.78, 5) is 11.7. The molecule has 0 amide bonds. The third-order valence-corrected chi connectivity index (χ3v) is 6.63. The number of nitrogens with one attached hydrogen (secondary N) is 2. The van der Waals surface area contributed by atoms with E-state index in [0.717, 1.165) is 59.0 Å². The molecule has 2 aromatic carbocycles. The van der Waals surface area contributed by atoms with E-state index in [1.165, 1.54) is 5.69 Å². The van der Waals surface area contributed by atoms with Gasteiger partial charge in [0, 0.05) is 41.1 Å². The SMILES string of the molecule is INc1cccc(-c2csc3cnc(Nc4ccc(N5CCOCC5)cc4)nc23)c1. The fraction of sp³-hybridized carbons (Fsp3) is 0.182. The largest absolute Gasteiger partial charge is 0.378 e. The molecular weight excluding hydrogens is 509 g/mol. The third-order valence-electron chi connectivity index (χ3n) is 5.10. The molecule has 2 aromatic heterocycles. The monoisotopic (exact) mass is 529 g/mol. The summed E-state index contributed by atoms with van der Waals surface area (Å²) in [5, 5.41) is 5.49. The summed E-state index contributed by atoms with van der Waals surface area (Å²) >= 11 is 3.81. The predicted molar refractivity (Wildman–Crippen MR) is 133 cm³/mol. The van der Waals surface area contributed by atoms with Crippen LogP contribution in [0.25, 0.3) is 21.3 Å². The van der Waals surface area contributed by atoms with E-state index in [4.69, 9.17) is 9.72 Å². The van der Waals surface area contributed by atoms with Gasteiger partial charge in [0.25, 0.3) is 0 Å². The number of rotatable bonds is 5. The van der Waals surface area contributed by atoms with Crippen molar-refractivity contribution in [3.8, 4) is 11.1 Å². The van der Waals surface area contributed by atoms with Gasteiger partial charge in [-0.25, -0.2) is 9.97 Å². The normalized spacial score (nSPS) is 14.1. The Morgan fingerprint density at radius 2 is 1.87 bits per heavy atom. The van der Waals surface area contributed by atoms with E-state index in [0.29, 0.717) is 5.95 Å². The summed E-state index contributed by atoms with van der Waals surface area (Å²) in [6, 6.07) is 16.7. The van der Waals surface area contributed by atoms with Gasteiger partial charge in [-0.15, -0.1) is 11.3 Å². The second-order valence-electron chi connectivity index (χ2n) is 7.00. The van der Waals surface area contributed by atoms with Gasteiger partial charge in [0.1, 0.15) is 0 Å². The molecule has 0 spiro atoms. The Balaban J connectivity index is 1.39. The van der Waals surface area contributed by atoms with Crippen molar-refractivity contribution in [3.05, 3.63) is 60.1 Å². The Morgan fingerprint density at radius 1 is 1.03 bits per heavy atom. The second kappa shape index (κ2) is 8.75. The average Bonchev–Trinajstić information content (AvgIpc) is 3.23. The van der Waals surface area contributed by atoms with Crippen molar-refractivity contribution < 1.29 is 4.74 Å². The third kappa shape index (κ3) is 4.07. The van der Waals surface area contributed by atoms with E-state index < -0.39 is 0 Å². The van der Waals surface area contributed by atoms with Gasteiger partial charge in [-0.3, -0.25) is 0 Å². The Labute approximate surface area is 192 Å². The number of fused-ring (bicyclic) bond motifs is 1. The van der Waals surface area contributed by atoms with Crippen molar-refractivity contribution in [2.24, 2.45) is 0 Å². The molecule has 30 heavy (non-hydrogen) atoms. The smallest absolute Gasteiger partial charge is 0.227 e. The van der Waals surface area contributed by atoms with Crippen LogP contribution in [0.15, 0.2) is 60.1 Å². The molecule has 0 bridgehead atoms. The molecule has 1 fully saturated rings. The van der Waals surface area contributed by atoms with Crippen molar-refractivity contribution in [2.45, 2.75) is 0 Å². The van der Waals surface area contributed by atoms with E-state index in [9.17, 15) is 0 Å². The molecule has 2 N–H and O–H groups in total. The first kappa shape index (κ1) is 19.5. The maximum absolute atomic E-state index is 5.43. The molecule has 0 aliphatic carbocycles. The molecule has 152 valence electrons. The van der Waals surface area contributed by atoms with Gasteiger partial charge in [0.2, 0.25) is 5.95 Å². The molecule has 0 atom stereocenters. The van der Waals surface area contributed by atoms with Gasteiger partial charge < -0.3 is 18.5 Å². The molecule has 8 heteroatoms. The molecule has 1 saturated heterocycles. The number of thiophene rings is 1. The van der Waals surface area contributed by atoms with Gasteiger partial charge in [0.05, 0.1) is 52.5 Å². The number of anilines is 4. The summed E-state index contributed by atoms with van der Waals surface area (Å²) in [5.41, 5.74) is 6.48. The van der Waals surface area contributed by atoms with E-state index in [-0.39, 0.29) is 0 Å². The van der Waals surface area contributed by atoms with E-state index in [1.54, 1.807) is 11.3 Å². The molecule has 5 rings (SSSR count). The molecule has 0 unspecified atom stereocenters. The number of hydrogen-bond acceptors (Lipinski definition) is 7. The molecule has 1 aliphatic heterocycles. The molecule has 0 radical (unpaired) electrons. The molecule has 0 saturated carbocycles. The highest BCUT2D eigenvalue weighted by atomic mass is 127. The van der Waals surface area contributed by atoms with Crippen LogP contribution in [0.4, 0.5) is 23.0 Å². The average molecular weight is 529 g/mol. The first-order valence-electron chi connectivity index (χ1n) is 9.71. The molecular formula is C22H20IN5OS. The van der Waals surface area contributed by atoms with Crippen LogP contribution in [0.1, 0.15) is 0 Å². The Morgan fingerprint density at radius 3 is 2.67 bits per heavy atom. The molecule has 1 aliphatic rings. The first-order chi connectivity index (χ1) is 14.8. The number of benzene rings is 2. The standard InChI is InChI=1S/C22H20IN5OS/c23-27-17-3-1-2-15(12-17)19-14-30-20-13-24-22(26-21(19)20)25-16-4-6-18(7-5-16)28-8-10-29-11-9-28/h1-7,12-14,27H,8-11H2,(H,24,25,26). The second-order valence-corrected chi connectivity index (χ2v) is 8.45. The Hall–Kier alpha value is -2.43. The van der Waals surface area contributed by atoms with Gasteiger partial charge >= 0.3 is 0 Å². The van der Waals surface area contributed by atoms with Gasteiger partial charge in [0.15, 0.2) is 0 Å². The number of hydrogen-bond donors (Lipinski definition) is 2. The first-order valence-corrected chi connectivity index (χ1v) is 11.7. The van der Waals surface area contributed by atoms with Gasteiger partial charge in [-0.1, -0.05) is 12.1 Å². The maximum atomic E-state index is 5.43. The molecule has 6 nitrogen and oxygen atoms in total. The van der Waals surface area contributed by atoms with Crippen molar-refractivity contribution in [1.82, 2.24) is 9.97 Å². The van der Waals surface area contributed by atoms with Crippen molar-refractivity contribution >= 4 is 67.4 Å². The molecule has 4 aromatic rings. The maximum Gasteiger partial charge on any atom is 0.227 e. The van der Waals surface area contributed by atoms with Gasteiger partial charge in [-0.2, -0.15) is 0 Å². The summed E-state index contributed by atoms with van der Waals surface area (Å²) in [5.74, 6) is 0.601. The highest BCUT2D eigenvalue weighted by Gasteiger charge is 2.12. The highest BCUT2D eigenvalue weighted by Crippen LogP contribution is 2.34. The van der Waals surface area contributed by atoms with Crippen LogP contribution in [-0.2, 0) is 4.74 Å². The zero-order chi connectivity index (χ0) is 20.3. The Bertz CT molecular complexity index is 1160. The van der Waals surface area contributed by atoms with Crippen molar-refractivity contribution in [1.29, 1.82) is 0 Å². The van der Waals surface area contributed by atoms with E-state index in [1.807, 2.05) is 12.3 Å². The van der Waals surface area contributed by atoms with Gasteiger partial charge in [-0.05, 0) is 42.0 Å². The summed E-state index contributed by atoms with van der Waals surface area (Å²) in [7, 11) is 0. The molecule has 3 heterocycles. The van der Waals surface area contributed by atoms with E-state index in [2.05, 4.69) is 89.4 Å². The summed E-state index contributed by atoms with van der Waals surface area (Å²) in [6.07, 6.45) is 1.89. The predicted octanol–water partition coefficient (Wildman–Crippen LogP) is 5.70. The zero-order valence-electron chi connectivity index (χ0n) is 16.1. The minimum atomic E-state index is 0.601. The number of nitrogens with zero attached hydrogens (tertiary/aromatic N) is 3. The van der Waals surface area contributed by atoms with Crippen LogP contribution in [0, 0.1) is 0 Å².